The maximum atomic E-state index is 12.6. The van der Waals surface area contributed by atoms with Crippen LogP contribution in [0.1, 0.15) is 322 Å². The Morgan fingerprint density at radius 3 is 1.10 bits per heavy atom. The van der Waals surface area contributed by atoms with Gasteiger partial charge in [-0.05, 0) is 77.0 Å². The third kappa shape index (κ3) is 62.8. The summed E-state index contributed by atoms with van der Waals surface area (Å²) in [7, 11) is -4.40. The van der Waals surface area contributed by atoms with Gasteiger partial charge in [0.15, 0.2) is 6.10 Å². The van der Waals surface area contributed by atoms with Crippen molar-refractivity contribution in [3.8, 4) is 0 Å². The quantitative estimate of drug-likeness (QED) is 0.0264. The number of phosphoric acid groups is 1. The molecule has 0 heterocycles. The zero-order valence-electron chi connectivity index (χ0n) is 50.4. The van der Waals surface area contributed by atoms with Crippen LogP contribution >= 0.6 is 7.82 Å². The third-order valence-electron chi connectivity index (χ3n) is 14.4. The summed E-state index contributed by atoms with van der Waals surface area (Å²) in [5.41, 5.74) is 5.37. The topological polar surface area (TPSA) is 134 Å². The van der Waals surface area contributed by atoms with Gasteiger partial charge in [-0.1, -0.05) is 293 Å². The molecule has 77 heavy (non-hydrogen) atoms. The highest BCUT2D eigenvalue weighted by Gasteiger charge is 2.26. The Labute approximate surface area is 476 Å². The lowest BCUT2D eigenvalue weighted by Gasteiger charge is -2.19. The van der Waals surface area contributed by atoms with Crippen LogP contribution in [0.3, 0.4) is 0 Å². The predicted octanol–water partition coefficient (Wildman–Crippen LogP) is 21.1. The number of esters is 2. The van der Waals surface area contributed by atoms with Crippen molar-refractivity contribution < 1.29 is 37.6 Å². The van der Waals surface area contributed by atoms with E-state index in [1.54, 1.807) is 0 Å². The fraction of sp³-hybridized carbons (Fsp3) is 0.821. The molecule has 0 spiro atoms. The SMILES string of the molecule is CC/C=C\C/C=C\C/C=C\C/C=C\CCCCC(=O)OC(COC(=O)CCCCCCCCCCCCCCCCCCCCCCCCCCCCCCC/C=C\CCCCCCCCCC)COP(=O)(O)OCCN. The van der Waals surface area contributed by atoms with E-state index in [4.69, 9.17) is 24.3 Å². The zero-order chi connectivity index (χ0) is 55.9. The molecule has 0 fully saturated rings. The number of hydrogen-bond donors (Lipinski definition) is 2. The van der Waals surface area contributed by atoms with Gasteiger partial charge in [0.05, 0.1) is 13.2 Å². The molecule has 0 radical (unpaired) electrons. The summed E-state index contributed by atoms with van der Waals surface area (Å²) in [4.78, 5) is 35.1. The van der Waals surface area contributed by atoms with Gasteiger partial charge in [0, 0.05) is 19.4 Å². The van der Waals surface area contributed by atoms with Crippen LogP contribution in [-0.4, -0.2) is 49.3 Å². The van der Waals surface area contributed by atoms with Gasteiger partial charge < -0.3 is 20.1 Å². The van der Waals surface area contributed by atoms with Crippen molar-refractivity contribution in [2.45, 2.75) is 328 Å². The first-order chi connectivity index (χ1) is 37.8. The fourth-order valence-electron chi connectivity index (χ4n) is 9.57. The maximum absolute atomic E-state index is 12.6. The van der Waals surface area contributed by atoms with Crippen molar-refractivity contribution >= 4 is 19.8 Å². The minimum Gasteiger partial charge on any atom is -0.462 e. The lowest BCUT2D eigenvalue weighted by Crippen LogP contribution is -2.29. The Morgan fingerprint density at radius 1 is 0.403 bits per heavy atom. The van der Waals surface area contributed by atoms with E-state index in [0.29, 0.717) is 6.42 Å². The van der Waals surface area contributed by atoms with E-state index >= 15 is 0 Å². The Bertz CT molecular complexity index is 1440. The summed E-state index contributed by atoms with van der Waals surface area (Å²) < 4.78 is 33.0. The maximum Gasteiger partial charge on any atom is 0.472 e. The number of rotatable bonds is 62. The Morgan fingerprint density at radius 2 is 0.714 bits per heavy atom. The summed E-state index contributed by atoms with van der Waals surface area (Å²) in [6, 6.07) is 0. The van der Waals surface area contributed by atoms with Gasteiger partial charge in [-0.3, -0.25) is 18.6 Å². The molecule has 0 aliphatic rings. The molecular weight excluding hydrogens is 978 g/mol. The molecule has 0 aliphatic carbocycles. The number of unbranched alkanes of at least 4 members (excludes halogenated alkanes) is 39. The number of carbonyl (C=O) groups is 2. The van der Waals surface area contributed by atoms with Crippen molar-refractivity contribution in [1.29, 1.82) is 0 Å². The summed E-state index contributed by atoms with van der Waals surface area (Å²) in [5.74, 6) is -0.867. The first-order valence-electron chi connectivity index (χ1n) is 32.8. The molecule has 450 valence electrons. The monoisotopic (exact) mass is 1100 g/mol. The third-order valence-corrected chi connectivity index (χ3v) is 15.4. The van der Waals surface area contributed by atoms with Crippen LogP contribution in [0.15, 0.2) is 60.8 Å². The van der Waals surface area contributed by atoms with Gasteiger partial charge in [-0.2, -0.15) is 0 Å². The van der Waals surface area contributed by atoms with Crippen LogP contribution in [0, 0.1) is 0 Å². The highest BCUT2D eigenvalue weighted by molar-refractivity contribution is 7.47. The summed E-state index contributed by atoms with van der Waals surface area (Å²) in [6.45, 7) is 3.61. The predicted molar refractivity (Wildman–Crippen MR) is 330 cm³/mol. The normalized spacial score (nSPS) is 13.4. The lowest BCUT2D eigenvalue weighted by molar-refractivity contribution is -0.161. The molecule has 9 nitrogen and oxygen atoms in total. The minimum atomic E-state index is -4.40. The number of allylic oxidation sites excluding steroid dienone is 10. The number of hydrogen-bond acceptors (Lipinski definition) is 8. The Kier molecular flexibility index (Phi) is 61.0. The summed E-state index contributed by atoms with van der Waals surface area (Å²) in [5, 5.41) is 0. The van der Waals surface area contributed by atoms with Gasteiger partial charge in [0.2, 0.25) is 0 Å². The molecule has 2 unspecified atom stereocenters. The highest BCUT2D eigenvalue weighted by Crippen LogP contribution is 2.43. The van der Waals surface area contributed by atoms with Crippen LogP contribution in [0.25, 0.3) is 0 Å². The average Bonchev–Trinajstić information content (AvgIpc) is 3.42. The van der Waals surface area contributed by atoms with Crippen LogP contribution < -0.4 is 5.73 Å². The van der Waals surface area contributed by atoms with Gasteiger partial charge in [0.25, 0.3) is 0 Å². The van der Waals surface area contributed by atoms with E-state index in [-0.39, 0.29) is 38.6 Å². The number of phosphoric ester groups is 1. The average molecular weight is 1100 g/mol. The van der Waals surface area contributed by atoms with Gasteiger partial charge in [-0.25, -0.2) is 4.57 Å². The van der Waals surface area contributed by atoms with Crippen LogP contribution in [-0.2, 0) is 32.7 Å². The molecule has 0 bridgehead atoms. The van der Waals surface area contributed by atoms with Gasteiger partial charge in [-0.15, -0.1) is 0 Å². The molecule has 0 amide bonds. The van der Waals surface area contributed by atoms with Crippen molar-refractivity contribution in [2.24, 2.45) is 5.73 Å². The van der Waals surface area contributed by atoms with Crippen molar-refractivity contribution in [1.82, 2.24) is 0 Å². The van der Waals surface area contributed by atoms with Gasteiger partial charge in [0.1, 0.15) is 6.61 Å². The highest BCUT2D eigenvalue weighted by atomic mass is 31.2. The standard InChI is InChI=1S/C67H124NO8P/c1-3-5-7-9-11-13-15-17-19-20-21-22-23-24-25-26-27-28-29-30-31-32-33-34-35-36-37-38-39-40-41-42-43-44-46-47-49-51-53-55-57-59-66(69)73-63-65(64-75-77(71,72)74-62-61-68)76-67(70)60-58-56-54-52-50-48-45-18-16-14-12-10-8-6-4-2/h6,8,12,14,18,20-21,45,50,52,65H,3-5,7,9-11,13,15-17,19,22-44,46-49,51,53-64,68H2,1-2H3,(H,71,72)/b8-6-,14-12-,21-20-,45-18-,52-50-. The molecule has 0 aromatic carbocycles. The molecule has 10 heteroatoms. The number of ether oxygens (including phenoxy) is 2. The van der Waals surface area contributed by atoms with E-state index in [1.807, 2.05) is 0 Å². The van der Waals surface area contributed by atoms with E-state index in [9.17, 15) is 19.0 Å². The minimum absolute atomic E-state index is 0.0457. The molecule has 0 saturated heterocycles. The zero-order valence-corrected chi connectivity index (χ0v) is 51.3. The van der Waals surface area contributed by atoms with Gasteiger partial charge >= 0.3 is 19.8 Å². The fourth-order valence-corrected chi connectivity index (χ4v) is 10.3. The number of carbonyl (C=O) groups excluding carboxylic acids is 2. The first-order valence-corrected chi connectivity index (χ1v) is 34.3. The first kappa shape index (κ1) is 74.7. The molecule has 0 rings (SSSR count). The van der Waals surface area contributed by atoms with E-state index in [0.717, 1.165) is 57.8 Å². The molecule has 0 saturated carbocycles. The second kappa shape index (κ2) is 62.9. The molecule has 0 aromatic rings. The molecule has 3 N–H and O–H groups in total. The van der Waals surface area contributed by atoms with Crippen molar-refractivity contribution in [3.05, 3.63) is 60.8 Å². The van der Waals surface area contributed by atoms with Crippen LogP contribution in [0.4, 0.5) is 0 Å². The molecule has 0 aromatic heterocycles. The molecule has 2 atom stereocenters. The van der Waals surface area contributed by atoms with Crippen molar-refractivity contribution in [3.63, 3.8) is 0 Å². The number of nitrogens with two attached hydrogens (primary N) is 1. The van der Waals surface area contributed by atoms with Crippen LogP contribution in [0.2, 0.25) is 0 Å². The van der Waals surface area contributed by atoms with E-state index < -0.39 is 26.5 Å². The van der Waals surface area contributed by atoms with Crippen LogP contribution in [0.5, 0.6) is 0 Å². The Balaban J connectivity index is 3.72. The summed E-state index contributed by atoms with van der Waals surface area (Å²) >= 11 is 0. The second-order valence-electron chi connectivity index (χ2n) is 22.0. The molecular formula is C67H124NO8P. The van der Waals surface area contributed by atoms with Crippen molar-refractivity contribution in [2.75, 3.05) is 26.4 Å². The smallest absolute Gasteiger partial charge is 0.462 e. The summed E-state index contributed by atoms with van der Waals surface area (Å²) in [6.07, 6.45) is 80.7. The largest absolute Gasteiger partial charge is 0.472 e. The Hall–Kier alpha value is -2.29. The second-order valence-corrected chi connectivity index (χ2v) is 23.4. The lowest BCUT2D eigenvalue weighted by atomic mass is 10.0. The van der Waals surface area contributed by atoms with E-state index in [2.05, 4.69) is 74.6 Å². The van der Waals surface area contributed by atoms with E-state index in [1.165, 1.54) is 231 Å². The molecule has 0 aliphatic heterocycles.